The van der Waals surface area contributed by atoms with Crippen molar-refractivity contribution in [2.75, 3.05) is 13.2 Å². The topological polar surface area (TPSA) is 67.8 Å². The number of ether oxygens (including phenoxy) is 1. The van der Waals surface area contributed by atoms with E-state index in [-0.39, 0.29) is 17.3 Å². The Hall–Kier alpha value is -2.25. The molecule has 0 spiro atoms. The number of aliphatic imine (C=N–C) groups is 1. The molecule has 1 amide bonds. The molecule has 1 aromatic carbocycles. The second kappa shape index (κ2) is 10.7. The van der Waals surface area contributed by atoms with Crippen molar-refractivity contribution in [1.29, 1.82) is 0 Å². The third-order valence-corrected chi connectivity index (χ3v) is 7.36. The molecule has 0 fully saturated rings. The molecule has 0 radical (unpaired) electrons. The van der Waals surface area contributed by atoms with Crippen LogP contribution in [0.25, 0.3) is 0 Å². The molecule has 0 bridgehead atoms. The van der Waals surface area contributed by atoms with E-state index in [0.717, 1.165) is 38.7 Å². The van der Waals surface area contributed by atoms with E-state index in [9.17, 15) is 9.59 Å². The Morgan fingerprint density at radius 3 is 2.77 bits per heavy atom. The van der Waals surface area contributed by atoms with Crippen LogP contribution in [-0.2, 0) is 14.3 Å². The number of carbonyl (C=O) groups excluding carboxylic acids is 2. The van der Waals surface area contributed by atoms with Crippen LogP contribution >= 0.6 is 23.5 Å². The zero-order chi connectivity index (χ0) is 21.5. The second-order valence-corrected chi connectivity index (χ2v) is 9.11. The predicted octanol–water partition coefficient (Wildman–Crippen LogP) is 4.73. The van der Waals surface area contributed by atoms with E-state index < -0.39 is 5.92 Å². The molecule has 3 rings (SSSR count). The number of benzene rings is 1. The average Bonchev–Trinajstić information content (AvgIpc) is 3.08. The summed E-state index contributed by atoms with van der Waals surface area (Å²) >= 11 is 3.22. The third-order valence-electron chi connectivity index (χ3n) is 4.71. The van der Waals surface area contributed by atoms with Gasteiger partial charge in [-0.15, -0.1) is 6.58 Å². The number of hydrogen-bond acceptors (Lipinski definition) is 6. The van der Waals surface area contributed by atoms with Crippen LogP contribution in [0.4, 0.5) is 0 Å². The van der Waals surface area contributed by atoms with Gasteiger partial charge in [0.25, 0.3) is 0 Å². The van der Waals surface area contributed by atoms with Crippen molar-refractivity contribution >= 4 is 41.6 Å². The van der Waals surface area contributed by atoms with Crippen LogP contribution in [0, 0.1) is 5.92 Å². The van der Waals surface area contributed by atoms with Crippen LogP contribution in [0.2, 0.25) is 0 Å². The monoisotopic (exact) mass is 442 g/mol. The summed E-state index contributed by atoms with van der Waals surface area (Å²) in [5, 5.41) is 2.58. The molecule has 1 N–H and O–H groups in total. The highest BCUT2D eigenvalue weighted by molar-refractivity contribution is 8.08. The Balaban J connectivity index is 2.02. The van der Waals surface area contributed by atoms with Crippen LogP contribution in [0.5, 0.6) is 0 Å². The number of thioether (sulfide) groups is 2. The molecule has 158 valence electrons. The van der Waals surface area contributed by atoms with Gasteiger partial charge in [0, 0.05) is 27.8 Å². The average molecular weight is 443 g/mol. The molecule has 2 aliphatic rings. The van der Waals surface area contributed by atoms with E-state index in [1.807, 2.05) is 24.4 Å². The van der Waals surface area contributed by atoms with Gasteiger partial charge in [0.1, 0.15) is 5.92 Å². The highest BCUT2D eigenvalue weighted by Gasteiger charge is 2.44. The van der Waals surface area contributed by atoms with E-state index >= 15 is 0 Å². The molecule has 1 heterocycles. The smallest absolute Gasteiger partial charge is 0.316 e. The van der Waals surface area contributed by atoms with E-state index in [4.69, 9.17) is 4.74 Å². The molecule has 0 unspecified atom stereocenters. The first-order valence-corrected chi connectivity index (χ1v) is 11.6. The van der Waals surface area contributed by atoms with Crippen LogP contribution in [0.15, 0.2) is 73.8 Å². The molecule has 0 saturated heterocycles. The van der Waals surface area contributed by atoms with Crippen molar-refractivity contribution in [2.45, 2.75) is 37.0 Å². The fourth-order valence-electron chi connectivity index (χ4n) is 3.48. The number of rotatable bonds is 8. The molecular formula is C23H26N2O3S2. The number of allylic oxidation sites excluding steroid dienone is 1. The Bertz CT molecular complexity index is 906. The largest absolute Gasteiger partial charge is 0.465 e. The van der Waals surface area contributed by atoms with E-state index in [2.05, 4.69) is 29.0 Å². The number of esters is 1. The SMILES string of the molecule is C=CCN=CC1=C(Sc2ccccc2)C2=C(CC1)[C@@H](C(=O)OCC)[C@@H](NC(C)=O)S2. The standard InChI is InChI=1S/C23H26N2O3S2/c1-4-13-24-14-16-11-12-18-19(23(27)28-5-2)22(25-15(3)26)30-21(18)20(16)29-17-9-7-6-8-10-17/h4,6-10,14,19,22H,1,5,11-13H2,2-3H3,(H,25,26)/t19-,22+/m1/s1. The molecule has 2 atom stereocenters. The summed E-state index contributed by atoms with van der Waals surface area (Å²) < 4.78 is 5.35. The van der Waals surface area contributed by atoms with Gasteiger partial charge >= 0.3 is 5.97 Å². The van der Waals surface area contributed by atoms with Crippen LogP contribution in [0.3, 0.4) is 0 Å². The first kappa shape index (κ1) is 22.4. The molecule has 1 aliphatic carbocycles. The normalized spacial score (nSPS) is 21.0. The van der Waals surface area contributed by atoms with Crippen molar-refractivity contribution in [3.63, 3.8) is 0 Å². The lowest BCUT2D eigenvalue weighted by Crippen LogP contribution is -2.39. The number of amides is 1. The van der Waals surface area contributed by atoms with Gasteiger partial charge in [-0.25, -0.2) is 0 Å². The molecule has 1 aromatic rings. The first-order chi connectivity index (χ1) is 14.5. The predicted molar refractivity (Wildman–Crippen MR) is 124 cm³/mol. The van der Waals surface area contributed by atoms with Crippen LogP contribution in [0.1, 0.15) is 26.7 Å². The maximum Gasteiger partial charge on any atom is 0.316 e. The zero-order valence-electron chi connectivity index (χ0n) is 17.2. The summed E-state index contributed by atoms with van der Waals surface area (Å²) in [6.45, 7) is 7.88. The lowest BCUT2D eigenvalue weighted by Gasteiger charge is -2.22. The molecule has 30 heavy (non-hydrogen) atoms. The van der Waals surface area contributed by atoms with Crippen molar-refractivity contribution in [2.24, 2.45) is 10.9 Å². The van der Waals surface area contributed by atoms with E-state index in [1.165, 1.54) is 6.92 Å². The summed E-state index contributed by atoms with van der Waals surface area (Å²) in [6, 6.07) is 10.1. The highest BCUT2D eigenvalue weighted by Crippen LogP contribution is 2.54. The minimum Gasteiger partial charge on any atom is -0.465 e. The third kappa shape index (κ3) is 5.26. The summed E-state index contributed by atoms with van der Waals surface area (Å²) in [7, 11) is 0. The highest BCUT2D eigenvalue weighted by atomic mass is 32.2. The summed E-state index contributed by atoms with van der Waals surface area (Å²) in [5.41, 5.74) is 2.19. The molecule has 5 nitrogen and oxygen atoms in total. The second-order valence-electron chi connectivity index (χ2n) is 6.88. The molecular weight excluding hydrogens is 416 g/mol. The number of nitrogens with one attached hydrogen (secondary N) is 1. The first-order valence-electron chi connectivity index (χ1n) is 9.95. The van der Waals surface area contributed by atoms with Crippen molar-refractivity contribution < 1.29 is 14.3 Å². The van der Waals surface area contributed by atoms with Gasteiger partial charge in [0.05, 0.1) is 18.5 Å². The van der Waals surface area contributed by atoms with Gasteiger partial charge < -0.3 is 10.1 Å². The number of carbonyl (C=O) groups is 2. The fraction of sp³-hybridized carbons (Fsp3) is 0.348. The van der Waals surface area contributed by atoms with Crippen molar-refractivity contribution in [3.05, 3.63) is 63.9 Å². The minimum absolute atomic E-state index is 0.157. The van der Waals surface area contributed by atoms with Crippen molar-refractivity contribution in [3.8, 4) is 0 Å². The minimum atomic E-state index is -0.466. The molecule has 0 aromatic heterocycles. The summed E-state index contributed by atoms with van der Waals surface area (Å²) in [6.07, 6.45) is 5.22. The zero-order valence-corrected chi connectivity index (χ0v) is 18.9. The van der Waals surface area contributed by atoms with E-state index in [1.54, 1.807) is 36.5 Å². The summed E-state index contributed by atoms with van der Waals surface area (Å²) in [4.78, 5) is 32.3. The number of nitrogens with zero attached hydrogens (tertiary/aromatic N) is 1. The molecule has 0 saturated carbocycles. The van der Waals surface area contributed by atoms with Crippen LogP contribution in [-0.4, -0.2) is 36.6 Å². The maximum absolute atomic E-state index is 12.8. The Morgan fingerprint density at radius 2 is 2.10 bits per heavy atom. The van der Waals surface area contributed by atoms with Gasteiger partial charge in [0.2, 0.25) is 5.91 Å². The Labute approximate surface area is 186 Å². The summed E-state index contributed by atoms with van der Waals surface area (Å²) in [5.74, 6) is -0.899. The van der Waals surface area contributed by atoms with Crippen LogP contribution < -0.4 is 5.32 Å². The van der Waals surface area contributed by atoms with Gasteiger partial charge in [-0.3, -0.25) is 14.6 Å². The Kier molecular flexibility index (Phi) is 7.99. The van der Waals surface area contributed by atoms with Gasteiger partial charge in [-0.2, -0.15) is 0 Å². The quantitative estimate of drug-likeness (QED) is 0.358. The molecule has 7 heteroatoms. The lowest BCUT2D eigenvalue weighted by molar-refractivity contribution is -0.146. The number of hydrogen-bond donors (Lipinski definition) is 1. The van der Waals surface area contributed by atoms with Gasteiger partial charge in [-0.05, 0) is 43.0 Å². The molecule has 1 aliphatic heterocycles. The van der Waals surface area contributed by atoms with Gasteiger partial charge in [0.15, 0.2) is 0 Å². The Morgan fingerprint density at radius 1 is 1.33 bits per heavy atom. The van der Waals surface area contributed by atoms with E-state index in [0.29, 0.717) is 13.2 Å². The van der Waals surface area contributed by atoms with Gasteiger partial charge in [-0.1, -0.05) is 47.8 Å². The van der Waals surface area contributed by atoms with Crippen molar-refractivity contribution in [1.82, 2.24) is 5.32 Å². The lowest BCUT2D eigenvalue weighted by atomic mass is 9.89. The fourth-order valence-corrected chi connectivity index (χ4v) is 6.30. The maximum atomic E-state index is 12.8.